The van der Waals surface area contributed by atoms with Crippen LogP contribution in [0, 0.1) is 0 Å². The Balaban J connectivity index is 0.00000254. The second-order valence-corrected chi connectivity index (χ2v) is 5.32. The highest BCUT2D eigenvalue weighted by Gasteiger charge is 2.12. The lowest BCUT2D eigenvalue weighted by atomic mass is 10.1. The van der Waals surface area contributed by atoms with Gasteiger partial charge in [0.1, 0.15) is 6.61 Å². The summed E-state index contributed by atoms with van der Waals surface area (Å²) in [6.45, 7) is 9.14. The average molecular weight is 336 g/mol. The Morgan fingerprint density at radius 1 is 0.917 bits per heavy atom. The number of nitrogens with zero attached hydrogens (tertiary/aromatic N) is 2. The van der Waals surface area contributed by atoms with Crippen LogP contribution in [0.25, 0.3) is 0 Å². The second-order valence-electron chi connectivity index (χ2n) is 5.32. The Hall–Kier alpha value is -2.04. The molecule has 0 aliphatic rings. The smallest absolute Gasteiger partial charge is 0.409 e. The number of amides is 2. The fourth-order valence-corrected chi connectivity index (χ4v) is 1.91. The molecule has 5 heteroatoms. The molecule has 0 radical (unpaired) electrons. The van der Waals surface area contributed by atoms with E-state index in [0.717, 1.165) is 12.0 Å². The third-order valence-electron chi connectivity index (χ3n) is 3.60. The van der Waals surface area contributed by atoms with Gasteiger partial charge in [0.2, 0.25) is 5.91 Å². The van der Waals surface area contributed by atoms with Crippen LogP contribution in [-0.2, 0) is 22.6 Å². The molecule has 0 aromatic heterocycles. The van der Waals surface area contributed by atoms with E-state index in [9.17, 15) is 9.59 Å². The van der Waals surface area contributed by atoms with Crippen molar-refractivity contribution < 1.29 is 14.3 Å². The molecule has 5 nitrogen and oxygen atoms in total. The van der Waals surface area contributed by atoms with Crippen LogP contribution in [0.15, 0.2) is 24.3 Å². The first kappa shape index (κ1) is 22.0. The molecule has 0 N–H and O–H groups in total. The van der Waals surface area contributed by atoms with E-state index in [-0.39, 0.29) is 18.6 Å². The summed E-state index contributed by atoms with van der Waals surface area (Å²) >= 11 is 0. The maximum atomic E-state index is 11.9. The van der Waals surface area contributed by atoms with Crippen molar-refractivity contribution in [2.24, 2.45) is 0 Å². The number of carbonyl (C=O) groups is 2. The van der Waals surface area contributed by atoms with Gasteiger partial charge in [-0.15, -0.1) is 0 Å². The van der Waals surface area contributed by atoms with Crippen molar-refractivity contribution in [3.05, 3.63) is 35.4 Å². The Labute approximate surface area is 146 Å². The first-order valence-electron chi connectivity index (χ1n) is 8.67. The van der Waals surface area contributed by atoms with Crippen LogP contribution in [0.3, 0.4) is 0 Å². The molecule has 24 heavy (non-hydrogen) atoms. The molecule has 0 atom stereocenters. The van der Waals surface area contributed by atoms with E-state index < -0.39 is 0 Å². The van der Waals surface area contributed by atoms with E-state index >= 15 is 0 Å². The number of ether oxygens (including phenoxy) is 1. The highest BCUT2D eigenvalue weighted by molar-refractivity contribution is 5.75. The van der Waals surface area contributed by atoms with Crippen LogP contribution < -0.4 is 0 Å². The minimum atomic E-state index is -0.378. The number of hydrogen-bond donors (Lipinski definition) is 0. The third-order valence-corrected chi connectivity index (χ3v) is 3.60. The van der Waals surface area contributed by atoms with E-state index in [1.165, 1.54) is 10.5 Å². The normalized spacial score (nSPS) is 9.58. The molecule has 2 amide bonds. The number of hydrogen-bond acceptors (Lipinski definition) is 3. The summed E-state index contributed by atoms with van der Waals surface area (Å²) in [5.74, 6) is 0.0674. The average Bonchev–Trinajstić information content (AvgIpc) is 2.64. The molecular formula is C19H32N2O3. The maximum Gasteiger partial charge on any atom is 0.409 e. The Kier molecular flexibility index (Phi) is 11.3. The van der Waals surface area contributed by atoms with Crippen molar-refractivity contribution in [3.63, 3.8) is 0 Å². The van der Waals surface area contributed by atoms with Crippen molar-refractivity contribution >= 4 is 12.0 Å². The molecule has 0 unspecified atom stereocenters. The lowest BCUT2D eigenvalue weighted by Crippen LogP contribution is -2.37. The van der Waals surface area contributed by atoms with E-state index in [0.29, 0.717) is 19.5 Å². The van der Waals surface area contributed by atoms with Crippen molar-refractivity contribution in [1.82, 2.24) is 9.80 Å². The van der Waals surface area contributed by atoms with Gasteiger partial charge in [-0.3, -0.25) is 4.79 Å². The highest BCUT2D eigenvalue weighted by atomic mass is 16.6. The van der Waals surface area contributed by atoms with Gasteiger partial charge in [-0.1, -0.05) is 52.0 Å². The van der Waals surface area contributed by atoms with Crippen LogP contribution in [0.5, 0.6) is 0 Å². The fourth-order valence-electron chi connectivity index (χ4n) is 1.91. The largest absolute Gasteiger partial charge is 0.445 e. The molecule has 0 aliphatic carbocycles. The summed E-state index contributed by atoms with van der Waals surface area (Å²) in [5.41, 5.74) is 2.23. The molecule has 0 saturated heterocycles. The molecule has 1 aromatic rings. The first-order valence-corrected chi connectivity index (χ1v) is 8.67. The van der Waals surface area contributed by atoms with Crippen molar-refractivity contribution in [1.29, 1.82) is 0 Å². The van der Waals surface area contributed by atoms with E-state index in [1.807, 2.05) is 45.0 Å². The first-order chi connectivity index (χ1) is 11.5. The zero-order chi connectivity index (χ0) is 18.5. The summed E-state index contributed by atoms with van der Waals surface area (Å²) in [6.07, 6.45) is 1.09. The van der Waals surface area contributed by atoms with E-state index in [4.69, 9.17) is 4.74 Å². The topological polar surface area (TPSA) is 49.9 Å². The molecule has 0 bridgehead atoms. The van der Waals surface area contributed by atoms with Gasteiger partial charge in [0.05, 0.1) is 0 Å². The standard InChI is InChI=1S/C17H26N2O3.C2H6/c1-5-14-7-9-15(10-8-14)13-22-17(21)19(4)12-11-18(3)16(20)6-2;1-2/h7-10H,5-6,11-13H2,1-4H3;1-2H3. The van der Waals surface area contributed by atoms with E-state index in [2.05, 4.69) is 6.92 Å². The monoisotopic (exact) mass is 336 g/mol. The SMILES string of the molecule is CC.CCC(=O)N(C)CCN(C)C(=O)OCc1ccc(CC)cc1. The summed E-state index contributed by atoms with van der Waals surface area (Å²) in [4.78, 5) is 26.4. The zero-order valence-electron chi connectivity index (χ0n) is 16.0. The minimum Gasteiger partial charge on any atom is -0.445 e. The molecule has 136 valence electrons. The minimum absolute atomic E-state index is 0.0674. The molecule has 1 rings (SSSR count). The number of benzene rings is 1. The molecule has 1 aromatic carbocycles. The Morgan fingerprint density at radius 2 is 1.42 bits per heavy atom. The Bertz CT molecular complexity index is 486. The highest BCUT2D eigenvalue weighted by Crippen LogP contribution is 2.07. The third kappa shape index (κ3) is 7.99. The quantitative estimate of drug-likeness (QED) is 0.762. The molecule has 0 saturated carbocycles. The number of carbonyl (C=O) groups excluding carboxylic acids is 2. The van der Waals surface area contributed by atoms with Gasteiger partial charge in [-0.05, 0) is 17.5 Å². The summed E-state index contributed by atoms with van der Waals surface area (Å²) in [6, 6.07) is 8.02. The van der Waals surface area contributed by atoms with Gasteiger partial charge < -0.3 is 14.5 Å². The lowest BCUT2D eigenvalue weighted by Gasteiger charge is -2.21. The number of rotatable bonds is 7. The summed E-state index contributed by atoms with van der Waals surface area (Å²) in [7, 11) is 3.41. The van der Waals surface area contributed by atoms with Crippen LogP contribution in [0.1, 0.15) is 45.2 Å². The predicted molar refractivity (Wildman–Crippen MR) is 97.9 cm³/mol. The van der Waals surface area contributed by atoms with Crippen molar-refractivity contribution in [3.8, 4) is 0 Å². The number of likely N-dealkylation sites (N-methyl/N-ethyl adjacent to an activating group) is 2. The van der Waals surface area contributed by atoms with Crippen LogP contribution in [0.2, 0.25) is 0 Å². The molecular weight excluding hydrogens is 304 g/mol. The lowest BCUT2D eigenvalue weighted by molar-refractivity contribution is -0.129. The molecule has 0 aliphatic heterocycles. The van der Waals surface area contributed by atoms with E-state index in [1.54, 1.807) is 19.0 Å². The predicted octanol–water partition coefficient (Wildman–Crippen LogP) is 3.71. The molecule has 0 heterocycles. The zero-order valence-corrected chi connectivity index (χ0v) is 16.0. The van der Waals surface area contributed by atoms with Crippen LogP contribution >= 0.6 is 0 Å². The second kappa shape index (κ2) is 12.4. The fraction of sp³-hybridized carbons (Fsp3) is 0.579. The summed E-state index contributed by atoms with van der Waals surface area (Å²) < 4.78 is 5.27. The van der Waals surface area contributed by atoms with Crippen molar-refractivity contribution in [2.45, 2.75) is 47.1 Å². The Morgan fingerprint density at radius 3 is 1.92 bits per heavy atom. The maximum absolute atomic E-state index is 11.9. The van der Waals surface area contributed by atoms with Gasteiger partial charge in [0.15, 0.2) is 0 Å². The number of aryl methyl sites for hydroxylation is 1. The van der Waals surface area contributed by atoms with Crippen molar-refractivity contribution in [2.75, 3.05) is 27.2 Å². The van der Waals surface area contributed by atoms with Gasteiger partial charge in [-0.2, -0.15) is 0 Å². The summed E-state index contributed by atoms with van der Waals surface area (Å²) in [5, 5.41) is 0. The van der Waals surface area contributed by atoms with Crippen LogP contribution in [0.4, 0.5) is 4.79 Å². The van der Waals surface area contributed by atoms with Gasteiger partial charge in [-0.25, -0.2) is 4.79 Å². The molecule has 0 fully saturated rings. The van der Waals surface area contributed by atoms with Gasteiger partial charge in [0.25, 0.3) is 0 Å². The molecule has 0 spiro atoms. The van der Waals surface area contributed by atoms with Gasteiger partial charge >= 0.3 is 6.09 Å². The van der Waals surface area contributed by atoms with Gasteiger partial charge in [0, 0.05) is 33.6 Å². The van der Waals surface area contributed by atoms with Crippen LogP contribution in [-0.4, -0.2) is 49.0 Å².